The van der Waals surface area contributed by atoms with E-state index in [-0.39, 0.29) is 6.42 Å². The van der Waals surface area contributed by atoms with Crippen molar-refractivity contribution in [2.45, 2.75) is 39.4 Å². The van der Waals surface area contributed by atoms with Gasteiger partial charge in [0.1, 0.15) is 23.7 Å². The Bertz CT molecular complexity index is 1340. The van der Waals surface area contributed by atoms with Crippen molar-refractivity contribution in [2.75, 3.05) is 5.32 Å². The Morgan fingerprint density at radius 3 is 2.41 bits per heavy atom. The lowest BCUT2D eigenvalue weighted by atomic mass is 10.1. The molecule has 3 aromatic carbocycles. The van der Waals surface area contributed by atoms with Gasteiger partial charge >= 0.3 is 5.97 Å². The first-order valence-electron chi connectivity index (χ1n) is 11.6. The molecule has 9 heteroatoms. The van der Waals surface area contributed by atoms with Crippen LogP contribution in [0.5, 0.6) is 5.75 Å². The fourth-order valence-electron chi connectivity index (χ4n) is 3.76. The van der Waals surface area contributed by atoms with Crippen LogP contribution in [0.1, 0.15) is 35.4 Å². The van der Waals surface area contributed by atoms with E-state index in [9.17, 15) is 9.90 Å². The number of ether oxygens (including phenoxy) is 2. The minimum absolute atomic E-state index is 0.0245. The molecule has 8 nitrogen and oxygen atoms in total. The summed E-state index contributed by atoms with van der Waals surface area (Å²) in [6, 6.07) is 21.8. The molecule has 0 aliphatic carbocycles. The molecule has 0 saturated heterocycles. The van der Waals surface area contributed by atoms with Crippen molar-refractivity contribution >= 4 is 23.3 Å². The third-order valence-corrected chi connectivity index (χ3v) is 6.05. The lowest BCUT2D eigenvalue weighted by Crippen LogP contribution is -2.24. The zero-order valence-electron chi connectivity index (χ0n) is 20.3. The van der Waals surface area contributed by atoms with Crippen LogP contribution in [-0.2, 0) is 22.6 Å². The maximum Gasteiger partial charge on any atom is 0.307 e. The Morgan fingerprint density at radius 1 is 1.05 bits per heavy atom. The van der Waals surface area contributed by atoms with Gasteiger partial charge in [-0.2, -0.15) is 0 Å². The number of nitrogens with zero attached hydrogens (tertiary/aromatic N) is 1. The van der Waals surface area contributed by atoms with Crippen molar-refractivity contribution in [3.63, 3.8) is 0 Å². The van der Waals surface area contributed by atoms with E-state index in [0.717, 1.165) is 16.7 Å². The fourth-order valence-corrected chi connectivity index (χ4v) is 4.05. The number of hydrogen-bond donors (Lipinski definition) is 3. The van der Waals surface area contributed by atoms with Crippen LogP contribution in [-0.4, -0.2) is 27.8 Å². The number of hydrogen-bond acceptors (Lipinski definition) is 7. The first-order chi connectivity index (χ1) is 17.8. The number of carboxylic acids is 1. The van der Waals surface area contributed by atoms with Crippen LogP contribution in [0.15, 0.2) is 77.3 Å². The highest BCUT2D eigenvalue weighted by atomic mass is 35.5. The predicted octanol–water partition coefficient (Wildman–Crippen LogP) is 5.98. The molecule has 0 aliphatic rings. The number of nitrogens with one attached hydrogen (secondary N) is 1. The summed E-state index contributed by atoms with van der Waals surface area (Å²) in [5, 5.41) is 26.9. The molecule has 2 unspecified atom stereocenters. The summed E-state index contributed by atoms with van der Waals surface area (Å²) in [4.78, 5) is 10.8. The van der Waals surface area contributed by atoms with E-state index in [1.807, 2.05) is 42.5 Å². The number of aliphatic hydroxyl groups is 1. The topological polar surface area (TPSA) is 114 Å². The molecular weight excluding hydrogens is 496 g/mol. The first-order valence-corrected chi connectivity index (χ1v) is 12.0. The molecule has 2 atom stereocenters. The monoisotopic (exact) mass is 522 g/mol. The molecule has 4 rings (SSSR count). The Morgan fingerprint density at radius 2 is 1.73 bits per heavy atom. The van der Waals surface area contributed by atoms with Gasteiger partial charge in [0.2, 0.25) is 6.41 Å². The van der Waals surface area contributed by atoms with Gasteiger partial charge in [0.15, 0.2) is 5.76 Å². The van der Waals surface area contributed by atoms with Crippen molar-refractivity contribution in [1.29, 1.82) is 0 Å². The van der Waals surface area contributed by atoms with Crippen molar-refractivity contribution < 1.29 is 29.0 Å². The molecule has 0 radical (unpaired) electrons. The predicted molar refractivity (Wildman–Crippen MR) is 139 cm³/mol. The van der Waals surface area contributed by atoms with Crippen molar-refractivity contribution in [3.8, 4) is 17.1 Å². The quantitative estimate of drug-likeness (QED) is 0.206. The van der Waals surface area contributed by atoms with Gasteiger partial charge in [0, 0.05) is 10.6 Å². The molecule has 192 valence electrons. The average Bonchev–Trinajstić information content (AvgIpc) is 3.23. The molecule has 0 aliphatic heterocycles. The molecule has 0 bridgehead atoms. The second kappa shape index (κ2) is 11.9. The summed E-state index contributed by atoms with van der Waals surface area (Å²) in [6.07, 6.45) is -1.80. The summed E-state index contributed by atoms with van der Waals surface area (Å²) in [5.74, 6) is 0.241. The number of aliphatic hydroxyl groups excluding tert-OH is 1. The van der Waals surface area contributed by atoms with Gasteiger partial charge in [-0.1, -0.05) is 71.4 Å². The molecule has 0 amide bonds. The van der Waals surface area contributed by atoms with E-state index in [4.69, 9.17) is 30.7 Å². The minimum Gasteiger partial charge on any atom is -0.489 e. The Balaban J connectivity index is 1.38. The number of aliphatic carboxylic acids is 1. The molecule has 3 N–H and O–H groups in total. The molecule has 0 spiro atoms. The standard InChI is InChI=1S/C28H27ClN2O6/c1-17-26(30-28(34)36-18(2)23-5-3-4-6-24(23)29)27(37-31-17)21-11-7-20(8-12-21)16-35-22-13-9-19(10-14-22)15-25(32)33/h3-14,18,28,30,34H,15-16H2,1-2H3,(H,32,33). The summed E-state index contributed by atoms with van der Waals surface area (Å²) < 4.78 is 17.0. The lowest BCUT2D eigenvalue weighted by molar-refractivity contribution is -0.136. The van der Waals surface area contributed by atoms with Gasteiger partial charge < -0.3 is 29.5 Å². The fraction of sp³-hybridized carbons (Fsp3) is 0.214. The van der Waals surface area contributed by atoms with E-state index in [1.54, 1.807) is 44.2 Å². The Kier molecular flexibility index (Phi) is 8.45. The molecular formula is C28H27ClN2O6. The molecule has 0 fully saturated rings. The number of halogens is 1. The maximum atomic E-state index is 10.8. The van der Waals surface area contributed by atoms with Crippen LogP contribution < -0.4 is 10.1 Å². The zero-order chi connectivity index (χ0) is 26.4. The van der Waals surface area contributed by atoms with Crippen molar-refractivity contribution in [2.24, 2.45) is 0 Å². The number of anilines is 1. The molecule has 1 heterocycles. The average molecular weight is 523 g/mol. The van der Waals surface area contributed by atoms with Gasteiger partial charge in [0.05, 0.1) is 12.5 Å². The van der Waals surface area contributed by atoms with E-state index < -0.39 is 18.5 Å². The van der Waals surface area contributed by atoms with Crippen LogP contribution in [0, 0.1) is 6.92 Å². The highest BCUT2D eigenvalue weighted by molar-refractivity contribution is 6.31. The van der Waals surface area contributed by atoms with Gasteiger partial charge in [-0.05, 0) is 48.7 Å². The van der Waals surface area contributed by atoms with E-state index in [0.29, 0.717) is 40.1 Å². The normalized spacial score (nSPS) is 12.6. The third kappa shape index (κ3) is 6.89. The van der Waals surface area contributed by atoms with E-state index in [2.05, 4.69) is 10.5 Å². The summed E-state index contributed by atoms with van der Waals surface area (Å²) in [7, 11) is 0. The van der Waals surface area contributed by atoms with Crippen LogP contribution >= 0.6 is 11.6 Å². The van der Waals surface area contributed by atoms with Crippen LogP contribution in [0.3, 0.4) is 0 Å². The smallest absolute Gasteiger partial charge is 0.307 e. The zero-order valence-corrected chi connectivity index (χ0v) is 21.1. The van der Waals surface area contributed by atoms with Crippen LogP contribution in [0.25, 0.3) is 11.3 Å². The molecule has 4 aromatic rings. The Hall–Kier alpha value is -3.85. The third-order valence-electron chi connectivity index (χ3n) is 5.71. The summed E-state index contributed by atoms with van der Waals surface area (Å²) >= 11 is 6.23. The molecule has 1 aromatic heterocycles. The largest absolute Gasteiger partial charge is 0.489 e. The summed E-state index contributed by atoms with van der Waals surface area (Å²) in [6.45, 7) is 3.91. The Labute approximate surface area is 219 Å². The number of rotatable bonds is 11. The minimum atomic E-state index is -1.32. The number of carbonyl (C=O) groups is 1. The van der Waals surface area contributed by atoms with E-state index >= 15 is 0 Å². The number of aryl methyl sites for hydroxylation is 1. The maximum absolute atomic E-state index is 10.8. The van der Waals surface area contributed by atoms with Gasteiger partial charge in [-0.15, -0.1) is 0 Å². The van der Waals surface area contributed by atoms with Crippen molar-refractivity contribution in [1.82, 2.24) is 5.16 Å². The number of carboxylic acid groups (broad SMARTS) is 1. The van der Waals surface area contributed by atoms with Crippen LogP contribution in [0.4, 0.5) is 5.69 Å². The summed E-state index contributed by atoms with van der Waals surface area (Å²) in [5.41, 5.74) is 4.26. The second-order valence-electron chi connectivity index (χ2n) is 8.47. The highest BCUT2D eigenvalue weighted by Crippen LogP contribution is 2.33. The van der Waals surface area contributed by atoms with Crippen molar-refractivity contribution in [3.05, 3.63) is 100 Å². The lowest BCUT2D eigenvalue weighted by Gasteiger charge is -2.20. The van der Waals surface area contributed by atoms with Gasteiger partial charge in [-0.25, -0.2) is 0 Å². The molecule has 37 heavy (non-hydrogen) atoms. The SMILES string of the molecule is Cc1noc(-c2ccc(COc3ccc(CC(=O)O)cc3)cc2)c1NC(O)OC(C)c1ccccc1Cl. The second-order valence-corrected chi connectivity index (χ2v) is 8.88. The van der Waals surface area contributed by atoms with E-state index in [1.165, 1.54) is 0 Å². The molecule has 0 saturated carbocycles. The number of aromatic nitrogens is 1. The first kappa shape index (κ1) is 26.2. The van der Waals surface area contributed by atoms with Gasteiger partial charge in [0.25, 0.3) is 0 Å². The number of benzene rings is 3. The highest BCUT2D eigenvalue weighted by Gasteiger charge is 2.20. The van der Waals surface area contributed by atoms with Crippen LogP contribution in [0.2, 0.25) is 5.02 Å². The van der Waals surface area contributed by atoms with Gasteiger partial charge in [-0.3, -0.25) is 4.79 Å².